The first-order valence-corrected chi connectivity index (χ1v) is 8.27. The number of hydrogen-bond acceptors (Lipinski definition) is 1. The summed E-state index contributed by atoms with van der Waals surface area (Å²) >= 11 is 6.03. The van der Waals surface area contributed by atoms with Crippen molar-refractivity contribution >= 4 is 11.6 Å². The molecule has 0 amide bonds. The molecule has 0 unspecified atom stereocenters. The largest absolute Gasteiger partial charge is 0.296 e. The quantitative estimate of drug-likeness (QED) is 0.526. The van der Waals surface area contributed by atoms with Crippen molar-refractivity contribution in [3.8, 4) is 0 Å². The highest BCUT2D eigenvalue weighted by molar-refractivity contribution is 6.18. The first-order valence-electron chi connectivity index (χ1n) is 7.73. The van der Waals surface area contributed by atoms with Gasteiger partial charge in [0.1, 0.15) is 0 Å². The Morgan fingerprint density at radius 1 is 0.706 bits per heavy atom. The van der Waals surface area contributed by atoms with Gasteiger partial charge in [-0.1, -0.05) is 44.9 Å². The molecule has 0 aromatic heterocycles. The van der Waals surface area contributed by atoms with Gasteiger partial charge in [-0.3, -0.25) is 4.90 Å². The van der Waals surface area contributed by atoms with Crippen molar-refractivity contribution in [3.05, 3.63) is 0 Å². The zero-order valence-corrected chi connectivity index (χ0v) is 11.9. The normalized spacial score (nSPS) is 25.1. The second-order valence-corrected chi connectivity index (χ2v) is 6.24. The van der Waals surface area contributed by atoms with Crippen LogP contribution in [0.5, 0.6) is 0 Å². The Balaban J connectivity index is 1.93. The molecule has 0 bridgehead atoms. The number of halogens is 1. The molecule has 0 aliphatic heterocycles. The van der Waals surface area contributed by atoms with Gasteiger partial charge in [0.15, 0.2) is 0 Å². The summed E-state index contributed by atoms with van der Waals surface area (Å²) in [5.74, 6) is 0.812. The molecule has 2 rings (SSSR count). The SMILES string of the molecule is ClCCN(C1CCCCCC1)C1CCCCC1. The predicted molar refractivity (Wildman–Crippen MR) is 75.8 cm³/mol. The van der Waals surface area contributed by atoms with E-state index in [1.807, 2.05) is 0 Å². The van der Waals surface area contributed by atoms with E-state index in [0.29, 0.717) is 0 Å². The van der Waals surface area contributed by atoms with Gasteiger partial charge in [0.25, 0.3) is 0 Å². The van der Waals surface area contributed by atoms with Crippen LogP contribution >= 0.6 is 11.6 Å². The molecular formula is C15H28ClN. The fourth-order valence-corrected chi connectivity index (χ4v) is 3.96. The van der Waals surface area contributed by atoms with Crippen molar-refractivity contribution in [2.75, 3.05) is 12.4 Å². The summed E-state index contributed by atoms with van der Waals surface area (Å²) in [7, 11) is 0. The fourth-order valence-electron chi connectivity index (χ4n) is 3.76. The summed E-state index contributed by atoms with van der Waals surface area (Å²) < 4.78 is 0. The molecule has 2 saturated carbocycles. The molecule has 100 valence electrons. The average Bonchev–Trinajstić information content (AvgIpc) is 2.66. The van der Waals surface area contributed by atoms with Crippen LogP contribution in [0.3, 0.4) is 0 Å². The third kappa shape index (κ3) is 4.13. The van der Waals surface area contributed by atoms with Gasteiger partial charge in [-0.05, 0) is 25.7 Å². The number of hydrogen-bond donors (Lipinski definition) is 0. The minimum absolute atomic E-state index is 0.812. The number of alkyl halides is 1. The first-order chi connectivity index (χ1) is 8.42. The smallest absolute Gasteiger partial charge is 0.0351 e. The Hall–Kier alpha value is 0.250. The Morgan fingerprint density at radius 3 is 1.53 bits per heavy atom. The van der Waals surface area contributed by atoms with E-state index in [9.17, 15) is 0 Å². The topological polar surface area (TPSA) is 3.24 Å². The predicted octanol–water partition coefficient (Wildman–Crippen LogP) is 4.58. The van der Waals surface area contributed by atoms with Crippen LogP contribution in [-0.2, 0) is 0 Å². The average molecular weight is 258 g/mol. The van der Waals surface area contributed by atoms with E-state index >= 15 is 0 Å². The van der Waals surface area contributed by atoms with Crippen molar-refractivity contribution in [1.29, 1.82) is 0 Å². The molecule has 0 atom stereocenters. The van der Waals surface area contributed by atoms with Crippen LogP contribution < -0.4 is 0 Å². The monoisotopic (exact) mass is 257 g/mol. The van der Waals surface area contributed by atoms with Gasteiger partial charge in [0.05, 0.1) is 0 Å². The Kier molecular flexibility index (Phi) is 6.14. The van der Waals surface area contributed by atoms with Crippen LogP contribution in [0.25, 0.3) is 0 Å². The zero-order chi connectivity index (χ0) is 11.9. The number of nitrogens with zero attached hydrogens (tertiary/aromatic N) is 1. The summed E-state index contributed by atoms with van der Waals surface area (Å²) in [5.41, 5.74) is 0. The van der Waals surface area contributed by atoms with E-state index in [0.717, 1.165) is 24.5 Å². The van der Waals surface area contributed by atoms with E-state index in [2.05, 4.69) is 4.90 Å². The number of rotatable bonds is 4. The van der Waals surface area contributed by atoms with Crippen LogP contribution in [0.2, 0.25) is 0 Å². The van der Waals surface area contributed by atoms with Crippen molar-refractivity contribution in [2.45, 2.75) is 82.7 Å². The lowest BCUT2D eigenvalue weighted by Crippen LogP contribution is -2.45. The molecule has 2 fully saturated rings. The summed E-state index contributed by atoms with van der Waals surface area (Å²) in [6.45, 7) is 1.12. The molecule has 2 aliphatic carbocycles. The highest BCUT2D eigenvalue weighted by Gasteiger charge is 2.27. The molecule has 2 aliphatic rings. The summed E-state index contributed by atoms with van der Waals surface area (Å²) in [6.07, 6.45) is 15.8. The Labute approximate surface area is 112 Å². The molecule has 0 N–H and O–H groups in total. The highest BCUT2D eigenvalue weighted by atomic mass is 35.5. The van der Waals surface area contributed by atoms with Gasteiger partial charge in [0.2, 0.25) is 0 Å². The van der Waals surface area contributed by atoms with Gasteiger partial charge in [-0.25, -0.2) is 0 Å². The van der Waals surface area contributed by atoms with Crippen LogP contribution in [0.15, 0.2) is 0 Å². The van der Waals surface area contributed by atoms with Crippen molar-refractivity contribution < 1.29 is 0 Å². The molecule has 0 saturated heterocycles. The van der Waals surface area contributed by atoms with E-state index in [4.69, 9.17) is 11.6 Å². The first kappa shape index (κ1) is 13.7. The molecule has 0 aromatic rings. The summed E-state index contributed by atoms with van der Waals surface area (Å²) in [5, 5.41) is 0. The molecule has 0 spiro atoms. The fraction of sp³-hybridized carbons (Fsp3) is 1.00. The van der Waals surface area contributed by atoms with Gasteiger partial charge in [0, 0.05) is 24.5 Å². The molecule has 2 heteroatoms. The van der Waals surface area contributed by atoms with Gasteiger partial charge >= 0.3 is 0 Å². The zero-order valence-electron chi connectivity index (χ0n) is 11.2. The molecule has 0 radical (unpaired) electrons. The second kappa shape index (κ2) is 7.63. The third-order valence-electron chi connectivity index (χ3n) is 4.68. The lowest BCUT2D eigenvalue weighted by atomic mass is 9.92. The van der Waals surface area contributed by atoms with Gasteiger partial charge < -0.3 is 0 Å². The summed E-state index contributed by atoms with van der Waals surface area (Å²) in [4.78, 5) is 2.79. The maximum Gasteiger partial charge on any atom is 0.0351 e. The lowest BCUT2D eigenvalue weighted by molar-refractivity contribution is 0.101. The Bertz CT molecular complexity index is 193. The molecular weight excluding hydrogens is 230 g/mol. The molecule has 0 heterocycles. The van der Waals surface area contributed by atoms with Crippen LogP contribution in [0.4, 0.5) is 0 Å². The summed E-state index contributed by atoms with van der Waals surface area (Å²) in [6, 6.07) is 1.70. The van der Waals surface area contributed by atoms with Crippen molar-refractivity contribution in [3.63, 3.8) is 0 Å². The van der Waals surface area contributed by atoms with E-state index in [1.54, 1.807) is 0 Å². The van der Waals surface area contributed by atoms with E-state index in [-0.39, 0.29) is 0 Å². The van der Waals surface area contributed by atoms with Gasteiger partial charge in [-0.15, -0.1) is 11.6 Å². The standard InChI is InChI=1S/C15H28ClN/c16-12-13-17(15-10-6-3-7-11-15)14-8-4-1-2-5-9-14/h14-15H,1-13H2. The van der Waals surface area contributed by atoms with E-state index < -0.39 is 0 Å². The second-order valence-electron chi connectivity index (χ2n) is 5.86. The van der Waals surface area contributed by atoms with Crippen LogP contribution in [-0.4, -0.2) is 29.4 Å². The van der Waals surface area contributed by atoms with Crippen molar-refractivity contribution in [2.24, 2.45) is 0 Å². The molecule has 17 heavy (non-hydrogen) atoms. The van der Waals surface area contributed by atoms with E-state index in [1.165, 1.54) is 70.6 Å². The van der Waals surface area contributed by atoms with Gasteiger partial charge in [-0.2, -0.15) is 0 Å². The third-order valence-corrected chi connectivity index (χ3v) is 4.85. The van der Waals surface area contributed by atoms with Crippen LogP contribution in [0, 0.1) is 0 Å². The minimum Gasteiger partial charge on any atom is -0.296 e. The maximum absolute atomic E-state index is 6.03. The Morgan fingerprint density at radius 2 is 1.12 bits per heavy atom. The minimum atomic E-state index is 0.812. The molecule has 0 aromatic carbocycles. The molecule has 1 nitrogen and oxygen atoms in total. The maximum atomic E-state index is 6.03. The van der Waals surface area contributed by atoms with Crippen LogP contribution in [0.1, 0.15) is 70.6 Å². The lowest BCUT2D eigenvalue weighted by Gasteiger charge is -2.39. The highest BCUT2D eigenvalue weighted by Crippen LogP contribution is 2.29. The van der Waals surface area contributed by atoms with Crippen molar-refractivity contribution in [1.82, 2.24) is 4.90 Å².